The van der Waals surface area contributed by atoms with Crippen molar-refractivity contribution in [3.63, 3.8) is 0 Å². The molecule has 0 saturated carbocycles. The van der Waals surface area contributed by atoms with Crippen molar-refractivity contribution in [1.29, 1.82) is 0 Å². The molecule has 0 unspecified atom stereocenters. The fourth-order valence-corrected chi connectivity index (χ4v) is 5.04. The Kier molecular flexibility index (Phi) is 10.7. The first-order chi connectivity index (χ1) is 14.6. The van der Waals surface area contributed by atoms with Crippen molar-refractivity contribution < 1.29 is 0 Å². The maximum Gasteiger partial charge on any atom is 0.0668 e. The SMILES string of the molecule is CN1CCN=C(/C=C/c2ccc(Br)cc2SCc2ccc(Cl)cc2)c2ccccc21.Cl.Cl. The average molecular weight is 571 g/mol. The molecule has 0 spiro atoms. The number of rotatable bonds is 5. The fraction of sp³-hybridized carbons (Fsp3) is 0.160. The van der Waals surface area contributed by atoms with E-state index in [1.165, 1.54) is 27.3 Å². The maximum atomic E-state index is 6.01. The molecular weight excluding hydrogens is 547 g/mol. The Morgan fingerprint density at radius 3 is 2.56 bits per heavy atom. The summed E-state index contributed by atoms with van der Waals surface area (Å²) in [4.78, 5) is 8.34. The van der Waals surface area contributed by atoms with Gasteiger partial charge in [0.05, 0.1) is 12.3 Å². The zero-order chi connectivity index (χ0) is 20.9. The van der Waals surface area contributed by atoms with E-state index in [0.29, 0.717) is 0 Å². The van der Waals surface area contributed by atoms with E-state index in [9.17, 15) is 0 Å². The summed E-state index contributed by atoms with van der Waals surface area (Å²) in [5, 5.41) is 0.768. The lowest BCUT2D eigenvalue weighted by Crippen LogP contribution is -2.20. The van der Waals surface area contributed by atoms with Crippen LogP contribution in [0, 0.1) is 0 Å². The van der Waals surface area contributed by atoms with Crippen molar-refractivity contribution >= 4 is 81.6 Å². The third-order valence-corrected chi connectivity index (χ3v) is 6.90. The lowest BCUT2D eigenvalue weighted by atomic mass is 10.1. The van der Waals surface area contributed by atoms with Crippen LogP contribution < -0.4 is 4.90 Å². The second-order valence-electron chi connectivity index (χ2n) is 7.14. The van der Waals surface area contributed by atoms with Gasteiger partial charge in [-0.05, 0) is 47.5 Å². The van der Waals surface area contributed by atoms with Gasteiger partial charge in [-0.2, -0.15) is 0 Å². The number of fused-ring (bicyclic) bond motifs is 1. The lowest BCUT2D eigenvalue weighted by Gasteiger charge is -2.18. The van der Waals surface area contributed by atoms with Crippen LogP contribution >= 0.6 is 64.1 Å². The van der Waals surface area contributed by atoms with Gasteiger partial charge in [-0.3, -0.25) is 4.99 Å². The van der Waals surface area contributed by atoms with Crippen molar-refractivity contribution in [2.75, 3.05) is 25.0 Å². The topological polar surface area (TPSA) is 15.6 Å². The molecule has 4 rings (SSSR count). The molecule has 168 valence electrons. The first-order valence-electron chi connectivity index (χ1n) is 9.80. The normalized spacial score (nSPS) is 13.0. The second-order valence-corrected chi connectivity index (χ2v) is 9.51. The van der Waals surface area contributed by atoms with Gasteiger partial charge in [-0.25, -0.2) is 0 Å². The number of nitrogens with zero attached hydrogens (tertiary/aromatic N) is 2. The van der Waals surface area contributed by atoms with Crippen LogP contribution in [0.4, 0.5) is 5.69 Å². The number of allylic oxidation sites excluding steroid dienone is 1. The highest BCUT2D eigenvalue weighted by atomic mass is 79.9. The number of thioether (sulfide) groups is 1. The number of anilines is 1. The van der Waals surface area contributed by atoms with Gasteiger partial charge in [0.25, 0.3) is 0 Å². The molecule has 1 aliphatic heterocycles. The predicted molar refractivity (Wildman–Crippen MR) is 150 cm³/mol. The van der Waals surface area contributed by atoms with Gasteiger partial charge >= 0.3 is 0 Å². The Bertz CT molecular complexity index is 1100. The molecule has 1 heterocycles. The first kappa shape index (κ1) is 26.8. The number of likely N-dealkylation sites (N-methyl/N-ethyl adjacent to an activating group) is 1. The Morgan fingerprint density at radius 1 is 1.03 bits per heavy atom. The molecule has 0 bridgehead atoms. The molecule has 0 aliphatic carbocycles. The molecule has 0 fully saturated rings. The van der Waals surface area contributed by atoms with Crippen molar-refractivity contribution in [2.24, 2.45) is 4.99 Å². The Labute approximate surface area is 220 Å². The van der Waals surface area contributed by atoms with E-state index in [2.05, 4.69) is 94.6 Å². The highest BCUT2D eigenvalue weighted by molar-refractivity contribution is 9.10. The van der Waals surface area contributed by atoms with Gasteiger partial charge < -0.3 is 4.90 Å². The third-order valence-electron chi connectivity index (χ3n) is 5.01. The van der Waals surface area contributed by atoms with Crippen molar-refractivity contribution in [3.05, 3.63) is 99.0 Å². The number of halogens is 4. The zero-order valence-electron chi connectivity index (χ0n) is 17.5. The molecule has 0 N–H and O–H groups in total. The minimum atomic E-state index is 0. The summed E-state index contributed by atoms with van der Waals surface area (Å²) in [7, 11) is 2.13. The molecule has 3 aromatic carbocycles. The van der Waals surface area contributed by atoms with Gasteiger partial charge in [0.15, 0.2) is 0 Å². The van der Waals surface area contributed by atoms with Crippen LogP contribution in [0.1, 0.15) is 16.7 Å². The summed E-state index contributed by atoms with van der Waals surface area (Å²) >= 11 is 11.4. The van der Waals surface area contributed by atoms with Crippen molar-refractivity contribution in [1.82, 2.24) is 0 Å². The summed E-state index contributed by atoms with van der Waals surface area (Å²) in [5.74, 6) is 0.892. The van der Waals surface area contributed by atoms with E-state index in [0.717, 1.165) is 34.0 Å². The van der Waals surface area contributed by atoms with Crippen LogP contribution in [0.3, 0.4) is 0 Å². The van der Waals surface area contributed by atoms with Crippen LogP contribution in [0.15, 0.2) is 87.2 Å². The highest BCUT2D eigenvalue weighted by Crippen LogP contribution is 2.31. The summed E-state index contributed by atoms with van der Waals surface area (Å²) in [6.45, 7) is 1.72. The van der Waals surface area contributed by atoms with Gasteiger partial charge in [-0.15, -0.1) is 36.6 Å². The van der Waals surface area contributed by atoms with E-state index in [-0.39, 0.29) is 24.8 Å². The Morgan fingerprint density at radius 2 is 1.78 bits per heavy atom. The summed E-state index contributed by atoms with van der Waals surface area (Å²) in [6.07, 6.45) is 4.32. The van der Waals surface area contributed by atoms with Crippen molar-refractivity contribution in [3.8, 4) is 0 Å². The smallest absolute Gasteiger partial charge is 0.0668 e. The first-order valence-corrected chi connectivity index (χ1v) is 12.0. The van der Waals surface area contributed by atoms with Crippen LogP contribution in [-0.4, -0.2) is 25.8 Å². The van der Waals surface area contributed by atoms with Gasteiger partial charge in [0.1, 0.15) is 0 Å². The van der Waals surface area contributed by atoms with E-state index < -0.39 is 0 Å². The number of hydrogen-bond donors (Lipinski definition) is 0. The van der Waals surface area contributed by atoms with Crippen LogP contribution in [0.2, 0.25) is 5.02 Å². The van der Waals surface area contributed by atoms with Gasteiger partial charge in [0, 0.05) is 45.0 Å². The molecular formula is C25H24BrCl3N2S. The van der Waals surface area contributed by atoms with Crippen LogP contribution in [0.5, 0.6) is 0 Å². The Hall–Kier alpha value is -1.43. The molecule has 0 atom stereocenters. The number of aliphatic imine (C=N–C) groups is 1. The molecule has 0 amide bonds. The Balaban J connectivity index is 0.00000181. The molecule has 7 heteroatoms. The number of para-hydroxylation sites is 1. The van der Waals surface area contributed by atoms with Gasteiger partial charge in [0.2, 0.25) is 0 Å². The highest BCUT2D eigenvalue weighted by Gasteiger charge is 2.14. The zero-order valence-corrected chi connectivity index (χ0v) is 22.3. The fourth-order valence-electron chi connectivity index (χ4n) is 3.37. The number of benzodiazepines with no additional fused rings is 1. The number of benzene rings is 3. The quantitative estimate of drug-likeness (QED) is 0.288. The molecule has 2 nitrogen and oxygen atoms in total. The van der Waals surface area contributed by atoms with Crippen LogP contribution in [0.25, 0.3) is 6.08 Å². The summed E-state index contributed by atoms with van der Waals surface area (Å²) in [6, 6.07) is 22.9. The van der Waals surface area contributed by atoms with E-state index >= 15 is 0 Å². The largest absolute Gasteiger partial charge is 0.372 e. The molecule has 0 saturated heterocycles. The third kappa shape index (κ3) is 6.79. The predicted octanol–water partition coefficient (Wildman–Crippen LogP) is 8.19. The molecule has 1 aliphatic rings. The van der Waals surface area contributed by atoms with E-state index in [1.54, 1.807) is 0 Å². The molecule has 32 heavy (non-hydrogen) atoms. The summed E-state index contributed by atoms with van der Waals surface area (Å²) < 4.78 is 1.08. The minimum absolute atomic E-state index is 0. The standard InChI is InChI=1S/C25H22BrClN2S.2ClH/c1-29-15-14-28-23(22-4-2-3-5-24(22)29)13-9-19-8-10-20(26)16-25(19)30-17-18-6-11-21(27)12-7-18;;/h2-13,16H,14-15,17H2,1H3;2*1H/b13-9+;;. The summed E-state index contributed by atoms with van der Waals surface area (Å²) in [5.41, 5.74) is 5.89. The van der Waals surface area contributed by atoms with Crippen LogP contribution in [-0.2, 0) is 5.75 Å². The number of hydrogen-bond acceptors (Lipinski definition) is 3. The van der Waals surface area contributed by atoms with E-state index in [1.807, 2.05) is 23.9 Å². The molecule has 0 aromatic heterocycles. The van der Waals surface area contributed by atoms with Crippen molar-refractivity contribution in [2.45, 2.75) is 10.6 Å². The average Bonchev–Trinajstić information content (AvgIpc) is 2.92. The lowest BCUT2D eigenvalue weighted by molar-refractivity contribution is 0.897. The molecule has 0 radical (unpaired) electrons. The minimum Gasteiger partial charge on any atom is -0.372 e. The van der Waals surface area contributed by atoms with E-state index in [4.69, 9.17) is 16.6 Å². The van der Waals surface area contributed by atoms with Gasteiger partial charge in [-0.1, -0.05) is 70.0 Å². The monoisotopic (exact) mass is 568 g/mol. The second kappa shape index (κ2) is 12.7. The molecule has 3 aromatic rings. The maximum absolute atomic E-state index is 6.01.